The number of nitrogens with one attached hydrogen (secondary N) is 3. The Hall–Kier alpha value is -1.82. The van der Waals surface area contributed by atoms with Gasteiger partial charge in [-0.2, -0.15) is 0 Å². The van der Waals surface area contributed by atoms with Crippen LogP contribution in [0.5, 0.6) is 0 Å². The van der Waals surface area contributed by atoms with Crippen molar-refractivity contribution in [1.82, 2.24) is 10.6 Å². The van der Waals surface area contributed by atoms with Crippen molar-refractivity contribution in [3.05, 3.63) is 29.0 Å². The molecule has 0 aliphatic rings. The standard InChI is InChI=1S/C13H17ClFN3O2/c1-3-6-16-12(19)8(2)17-13(20)18-11-5-4-9(15)7-10(11)14/h4-5,7-8H,3,6H2,1-2H3,(H,16,19)(H2,17,18,20)/t8-/m1/s1. The molecule has 7 heteroatoms. The summed E-state index contributed by atoms with van der Waals surface area (Å²) in [6.45, 7) is 4.05. The second kappa shape index (κ2) is 7.69. The Bertz CT molecular complexity index is 497. The maximum Gasteiger partial charge on any atom is 0.319 e. The lowest BCUT2D eigenvalue weighted by Gasteiger charge is -2.15. The molecule has 0 spiro atoms. The van der Waals surface area contributed by atoms with Gasteiger partial charge in [0, 0.05) is 6.54 Å². The monoisotopic (exact) mass is 301 g/mol. The summed E-state index contributed by atoms with van der Waals surface area (Å²) < 4.78 is 12.9. The molecule has 1 rings (SSSR count). The van der Waals surface area contributed by atoms with Gasteiger partial charge in [0.25, 0.3) is 0 Å². The predicted molar refractivity (Wildman–Crippen MR) is 76.3 cm³/mol. The molecule has 20 heavy (non-hydrogen) atoms. The van der Waals surface area contributed by atoms with Crippen molar-refractivity contribution in [2.75, 3.05) is 11.9 Å². The average molecular weight is 302 g/mol. The third-order valence-electron chi connectivity index (χ3n) is 2.47. The first-order valence-electron chi connectivity index (χ1n) is 6.24. The lowest BCUT2D eigenvalue weighted by molar-refractivity contribution is -0.122. The van der Waals surface area contributed by atoms with Crippen molar-refractivity contribution < 1.29 is 14.0 Å². The van der Waals surface area contributed by atoms with Crippen LogP contribution in [0.3, 0.4) is 0 Å². The number of urea groups is 1. The lowest BCUT2D eigenvalue weighted by atomic mass is 10.3. The minimum atomic E-state index is -0.680. The number of anilines is 1. The molecule has 0 bridgehead atoms. The van der Waals surface area contributed by atoms with E-state index in [1.54, 1.807) is 6.92 Å². The minimum absolute atomic E-state index is 0.0863. The molecular formula is C13H17ClFN3O2. The van der Waals surface area contributed by atoms with E-state index in [4.69, 9.17) is 11.6 Å². The Morgan fingerprint density at radius 2 is 2.10 bits per heavy atom. The third kappa shape index (κ3) is 5.05. The molecule has 0 saturated heterocycles. The lowest BCUT2D eigenvalue weighted by Crippen LogP contribution is -2.46. The molecule has 0 heterocycles. The van der Waals surface area contributed by atoms with Crippen LogP contribution in [0.1, 0.15) is 20.3 Å². The number of rotatable bonds is 5. The van der Waals surface area contributed by atoms with Gasteiger partial charge in [-0.1, -0.05) is 18.5 Å². The zero-order chi connectivity index (χ0) is 15.1. The number of carbonyl (C=O) groups excluding carboxylic acids is 2. The van der Waals surface area contributed by atoms with E-state index < -0.39 is 17.9 Å². The van der Waals surface area contributed by atoms with E-state index in [-0.39, 0.29) is 16.6 Å². The second-order valence-electron chi connectivity index (χ2n) is 4.24. The minimum Gasteiger partial charge on any atom is -0.354 e. The summed E-state index contributed by atoms with van der Waals surface area (Å²) >= 11 is 5.78. The molecule has 5 nitrogen and oxygen atoms in total. The summed E-state index contributed by atoms with van der Waals surface area (Å²) in [5, 5.41) is 7.66. The van der Waals surface area contributed by atoms with Gasteiger partial charge in [-0.15, -0.1) is 0 Å². The first-order chi connectivity index (χ1) is 9.43. The number of benzene rings is 1. The summed E-state index contributed by atoms with van der Waals surface area (Å²) in [5.74, 6) is -0.763. The molecule has 0 saturated carbocycles. The van der Waals surface area contributed by atoms with E-state index in [1.807, 2.05) is 6.92 Å². The van der Waals surface area contributed by atoms with Gasteiger partial charge in [0.2, 0.25) is 5.91 Å². The normalized spacial score (nSPS) is 11.6. The number of halogens is 2. The zero-order valence-electron chi connectivity index (χ0n) is 11.3. The highest BCUT2D eigenvalue weighted by atomic mass is 35.5. The number of hydrogen-bond acceptors (Lipinski definition) is 2. The van der Waals surface area contributed by atoms with Crippen LogP contribution < -0.4 is 16.0 Å². The van der Waals surface area contributed by atoms with Gasteiger partial charge >= 0.3 is 6.03 Å². The highest BCUT2D eigenvalue weighted by molar-refractivity contribution is 6.33. The number of hydrogen-bond donors (Lipinski definition) is 3. The van der Waals surface area contributed by atoms with Crippen LogP contribution in [0, 0.1) is 5.82 Å². The highest BCUT2D eigenvalue weighted by Crippen LogP contribution is 2.22. The van der Waals surface area contributed by atoms with Gasteiger partial charge in [-0.3, -0.25) is 4.79 Å². The van der Waals surface area contributed by atoms with Gasteiger partial charge in [0.05, 0.1) is 10.7 Å². The predicted octanol–water partition coefficient (Wildman–Crippen LogP) is 2.52. The summed E-state index contributed by atoms with van der Waals surface area (Å²) in [6.07, 6.45) is 0.815. The fourth-order valence-corrected chi connectivity index (χ4v) is 1.63. The summed E-state index contributed by atoms with van der Waals surface area (Å²) in [6, 6.07) is 2.35. The molecule has 0 aliphatic heterocycles. The van der Waals surface area contributed by atoms with E-state index in [0.717, 1.165) is 12.5 Å². The highest BCUT2D eigenvalue weighted by Gasteiger charge is 2.15. The average Bonchev–Trinajstić information content (AvgIpc) is 2.39. The number of amides is 3. The van der Waals surface area contributed by atoms with Crippen LogP contribution in [0.4, 0.5) is 14.9 Å². The van der Waals surface area contributed by atoms with Crippen LogP contribution in [0.2, 0.25) is 5.02 Å². The first kappa shape index (κ1) is 16.2. The molecule has 0 aliphatic carbocycles. The van der Waals surface area contributed by atoms with Crippen LogP contribution in [-0.2, 0) is 4.79 Å². The molecule has 0 fully saturated rings. The smallest absolute Gasteiger partial charge is 0.319 e. The molecular weight excluding hydrogens is 285 g/mol. The molecule has 3 amide bonds. The molecule has 0 aromatic heterocycles. The fraction of sp³-hybridized carbons (Fsp3) is 0.385. The van der Waals surface area contributed by atoms with Crippen LogP contribution in [0.25, 0.3) is 0 Å². The summed E-state index contributed by atoms with van der Waals surface area (Å²) in [5.41, 5.74) is 0.270. The fourth-order valence-electron chi connectivity index (χ4n) is 1.41. The Balaban J connectivity index is 2.52. The van der Waals surface area contributed by atoms with E-state index in [0.29, 0.717) is 6.54 Å². The van der Waals surface area contributed by atoms with Crippen LogP contribution >= 0.6 is 11.6 Å². The number of carbonyl (C=O) groups is 2. The molecule has 110 valence electrons. The third-order valence-corrected chi connectivity index (χ3v) is 2.78. The maximum atomic E-state index is 12.9. The summed E-state index contributed by atoms with van der Waals surface area (Å²) in [7, 11) is 0. The van der Waals surface area contributed by atoms with E-state index in [9.17, 15) is 14.0 Å². The second-order valence-corrected chi connectivity index (χ2v) is 4.64. The van der Waals surface area contributed by atoms with Crippen LogP contribution in [0.15, 0.2) is 18.2 Å². The summed E-state index contributed by atoms with van der Waals surface area (Å²) in [4.78, 5) is 23.3. The maximum absolute atomic E-state index is 12.9. The van der Waals surface area contributed by atoms with Gasteiger partial charge in [-0.05, 0) is 31.5 Å². The molecule has 1 aromatic rings. The largest absolute Gasteiger partial charge is 0.354 e. The first-order valence-corrected chi connectivity index (χ1v) is 6.62. The van der Waals surface area contributed by atoms with Gasteiger partial charge < -0.3 is 16.0 Å². The SMILES string of the molecule is CCCNC(=O)[C@@H](C)NC(=O)Nc1ccc(F)cc1Cl. The Morgan fingerprint density at radius 3 is 2.70 bits per heavy atom. The van der Waals surface area contributed by atoms with Gasteiger partial charge in [0.1, 0.15) is 11.9 Å². The Kier molecular flexibility index (Phi) is 6.24. The van der Waals surface area contributed by atoms with Crippen molar-refractivity contribution in [1.29, 1.82) is 0 Å². The van der Waals surface area contributed by atoms with E-state index in [2.05, 4.69) is 16.0 Å². The van der Waals surface area contributed by atoms with E-state index >= 15 is 0 Å². The van der Waals surface area contributed by atoms with Crippen molar-refractivity contribution in [3.63, 3.8) is 0 Å². The molecule has 0 unspecified atom stereocenters. The van der Waals surface area contributed by atoms with Gasteiger partial charge in [-0.25, -0.2) is 9.18 Å². The molecule has 3 N–H and O–H groups in total. The van der Waals surface area contributed by atoms with Crippen molar-refractivity contribution in [3.8, 4) is 0 Å². The van der Waals surface area contributed by atoms with Crippen molar-refractivity contribution in [2.45, 2.75) is 26.3 Å². The molecule has 1 atom stereocenters. The Morgan fingerprint density at radius 1 is 1.40 bits per heavy atom. The zero-order valence-corrected chi connectivity index (χ0v) is 12.1. The molecule has 0 radical (unpaired) electrons. The topological polar surface area (TPSA) is 70.2 Å². The van der Waals surface area contributed by atoms with E-state index in [1.165, 1.54) is 12.1 Å². The quantitative estimate of drug-likeness (QED) is 0.782. The Labute approximate surface area is 121 Å². The van der Waals surface area contributed by atoms with Crippen molar-refractivity contribution >= 4 is 29.2 Å². The molecule has 1 aromatic carbocycles. The van der Waals surface area contributed by atoms with Crippen molar-refractivity contribution in [2.24, 2.45) is 0 Å². The van der Waals surface area contributed by atoms with Crippen LogP contribution in [-0.4, -0.2) is 24.5 Å². The van der Waals surface area contributed by atoms with Gasteiger partial charge in [0.15, 0.2) is 0 Å².